The van der Waals surface area contributed by atoms with Crippen LogP contribution in [0.3, 0.4) is 0 Å². The Hall–Kier alpha value is -1.74. The van der Waals surface area contributed by atoms with Gasteiger partial charge in [0.2, 0.25) is 0 Å². The standard InChI is InChI=1S/C20H23NOS/c1-15-8-9-18(14-16(15)2)20(22)21-11-10-19(23-13-12-21)17-6-4-3-5-7-17/h3-9,14,19H,10-13H2,1-2H3. The maximum Gasteiger partial charge on any atom is 0.253 e. The van der Waals surface area contributed by atoms with Gasteiger partial charge in [-0.25, -0.2) is 0 Å². The number of amides is 1. The average molecular weight is 325 g/mol. The first-order chi connectivity index (χ1) is 11.1. The molecule has 1 aliphatic heterocycles. The van der Waals surface area contributed by atoms with Gasteiger partial charge in [-0.15, -0.1) is 0 Å². The van der Waals surface area contributed by atoms with Crippen LogP contribution in [0.15, 0.2) is 48.5 Å². The van der Waals surface area contributed by atoms with Crippen molar-refractivity contribution in [1.29, 1.82) is 0 Å². The molecule has 1 fully saturated rings. The van der Waals surface area contributed by atoms with Crippen LogP contribution in [0.1, 0.15) is 38.7 Å². The molecule has 0 bridgehead atoms. The Labute approximate surface area is 142 Å². The highest BCUT2D eigenvalue weighted by atomic mass is 32.2. The molecule has 0 aromatic heterocycles. The van der Waals surface area contributed by atoms with E-state index in [1.165, 1.54) is 16.7 Å². The zero-order valence-electron chi connectivity index (χ0n) is 13.8. The molecule has 1 heterocycles. The Kier molecular flexibility index (Phi) is 5.06. The van der Waals surface area contributed by atoms with Gasteiger partial charge in [-0.2, -0.15) is 11.8 Å². The second-order valence-corrected chi connectivity index (χ2v) is 7.46. The molecule has 2 nitrogen and oxygen atoms in total. The van der Waals surface area contributed by atoms with Crippen LogP contribution in [-0.2, 0) is 0 Å². The summed E-state index contributed by atoms with van der Waals surface area (Å²) in [4.78, 5) is 14.8. The van der Waals surface area contributed by atoms with Crippen LogP contribution in [-0.4, -0.2) is 29.6 Å². The summed E-state index contributed by atoms with van der Waals surface area (Å²) in [5, 5.41) is 0.494. The quantitative estimate of drug-likeness (QED) is 0.803. The van der Waals surface area contributed by atoms with Crippen LogP contribution in [0, 0.1) is 13.8 Å². The molecule has 23 heavy (non-hydrogen) atoms. The number of hydrogen-bond acceptors (Lipinski definition) is 2. The number of benzene rings is 2. The highest BCUT2D eigenvalue weighted by molar-refractivity contribution is 7.99. The minimum atomic E-state index is 0.169. The van der Waals surface area contributed by atoms with Crippen molar-refractivity contribution < 1.29 is 4.79 Å². The van der Waals surface area contributed by atoms with Gasteiger partial charge in [0.05, 0.1) is 0 Å². The second-order valence-electron chi connectivity index (χ2n) is 6.15. The molecule has 0 saturated carbocycles. The Bertz CT molecular complexity index is 683. The van der Waals surface area contributed by atoms with Crippen molar-refractivity contribution in [3.63, 3.8) is 0 Å². The van der Waals surface area contributed by atoms with Crippen molar-refractivity contribution in [2.45, 2.75) is 25.5 Å². The maximum absolute atomic E-state index is 12.8. The summed E-state index contributed by atoms with van der Waals surface area (Å²) in [6.45, 7) is 5.81. The van der Waals surface area contributed by atoms with Gasteiger partial charge in [-0.1, -0.05) is 36.4 Å². The van der Waals surface area contributed by atoms with Crippen molar-refractivity contribution in [1.82, 2.24) is 4.90 Å². The van der Waals surface area contributed by atoms with Gasteiger partial charge in [0.1, 0.15) is 0 Å². The van der Waals surface area contributed by atoms with Crippen LogP contribution in [0.5, 0.6) is 0 Å². The highest BCUT2D eigenvalue weighted by Gasteiger charge is 2.22. The number of carbonyl (C=O) groups is 1. The van der Waals surface area contributed by atoms with E-state index in [-0.39, 0.29) is 5.91 Å². The number of aryl methyl sites for hydroxylation is 2. The number of carbonyl (C=O) groups excluding carboxylic acids is 1. The molecule has 1 amide bonds. The number of nitrogens with zero attached hydrogens (tertiary/aromatic N) is 1. The van der Waals surface area contributed by atoms with E-state index in [1.54, 1.807) is 0 Å². The van der Waals surface area contributed by atoms with E-state index in [9.17, 15) is 4.79 Å². The fourth-order valence-corrected chi connectivity index (χ4v) is 4.20. The van der Waals surface area contributed by atoms with Gasteiger partial charge in [0.25, 0.3) is 5.91 Å². The third-order valence-corrected chi connectivity index (χ3v) is 5.88. The minimum Gasteiger partial charge on any atom is -0.338 e. The Balaban J connectivity index is 1.70. The van der Waals surface area contributed by atoms with Gasteiger partial charge in [-0.05, 0) is 49.1 Å². The molecule has 1 aliphatic rings. The number of rotatable bonds is 2. The van der Waals surface area contributed by atoms with Crippen molar-refractivity contribution in [3.05, 3.63) is 70.8 Å². The lowest BCUT2D eigenvalue weighted by molar-refractivity contribution is 0.0766. The molecule has 2 aromatic carbocycles. The summed E-state index contributed by atoms with van der Waals surface area (Å²) < 4.78 is 0. The third-order valence-electron chi connectivity index (χ3n) is 4.55. The molecule has 0 spiro atoms. The van der Waals surface area contributed by atoms with Crippen LogP contribution in [0.4, 0.5) is 0 Å². The van der Waals surface area contributed by atoms with Crippen LogP contribution < -0.4 is 0 Å². The van der Waals surface area contributed by atoms with Crippen LogP contribution in [0.25, 0.3) is 0 Å². The monoisotopic (exact) mass is 325 g/mol. The molecule has 1 saturated heterocycles. The molecular formula is C20H23NOS. The normalized spacial score (nSPS) is 18.5. The smallest absolute Gasteiger partial charge is 0.253 e. The van der Waals surface area contributed by atoms with Crippen LogP contribution >= 0.6 is 11.8 Å². The number of thioether (sulfide) groups is 1. The van der Waals surface area contributed by atoms with E-state index in [4.69, 9.17) is 0 Å². The molecule has 1 unspecified atom stereocenters. The lowest BCUT2D eigenvalue weighted by Crippen LogP contribution is -2.33. The Morgan fingerprint density at radius 2 is 1.83 bits per heavy atom. The van der Waals surface area contributed by atoms with Gasteiger partial charge < -0.3 is 4.90 Å². The molecule has 0 radical (unpaired) electrons. The summed E-state index contributed by atoms with van der Waals surface area (Å²) in [6.07, 6.45) is 1.02. The first-order valence-electron chi connectivity index (χ1n) is 8.18. The van der Waals surface area contributed by atoms with Crippen molar-refractivity contribution in [2.75, 3.05) is 18.8 Å². The van der Waals surface area contributed by atoms with E-state index in [0.29, 0.717) is 5.25 Å². The fourth-order valence-electron chi connectivity index (χ4n) is 2.96. The van der Waals surface area contributed by atoms with E-state index in [2.05, 4.69) is 44.2 Å². The van der Waals surface area contributed by atoms with Gasteiger partial charge in [0, 0.05) is 29.7 Å². The molecule has 2 aromatic rings. The van der Waals surface area contributed by atoms with E-state index < -0.39 is 0 Å². The predicted molar refractivity (Wildman–Crippen MR) is 98.1 cm³/mol. The zero-order chi connectivity index (χ0) is 16.2. The molecule has 120 valence electrons. The molecule has 3 rings (SSSR count). The fraction of sp³-hybridized carbons (Fsp3) is 0.350. The minimum absolute atomic E-state index is 0.169. The van der Waals surface area contributed by atoms with Gasteiger partial charge in [0.15, 0.2) is 0 Å². The van der Waals surface area contributed by atoms with Crippen molar-refractivity contribution in [2.24, 2.45) is 0 Å². The molecule has 0 N–H and O–H groups in total. The first-order valence-corrected chi connectivity index (χ1v) is 9.23. The average Bonchev–Trinajstić information content (AvgIpc) is 2.83. The molecular weight excluding hydrogens is 302 g/mol. The highest BCUT2D eigenvalue weighted by Crippen LogP contribution is 2.34. The molecule has 0 aliphatic carbocycles. The summed E-state index contributed by atoms with van der Waals surface area (Å²) in [5.41, 5.74) is 4.61. The molecule has 3 heteroatoms. The summed E-state index contributed by atoms with van der Waals surface area (Å²) >= 11 is 1.97. The maximum atomic E-state index is 12.8. The van der Waals surface area contributed by atoms with E-state index in [0.717, 1.165) is 30.8 Å². The SMILES string of the molecule is Cc1ccc(C(=O)N2CCSC(c3ccccc3)CC2)cc1C. The lowest BCUT2D eigenvalue weighted by atomic mass is 10.1. The third kappa shape index (κ3) is 3.78. The van der Waals surface area contributed by atoms with Gasteiger partial charge >= 0.3 is 0 Å². The van der Waals surface area contributed by atoms with Crippen molar-refractivity contribution >= 4 is 17.7 Å². The Morgan fingerprint density at radius 1 is 1.04 bits per heavy atom. The lowest BCUT2D eigenvalue weighted by Gasteiger charge is -2.21. The Morgan fingerprint density at radius 3 is 2.57 bits per heavy atom. The summed E-state index contributed by atoms with van der Waals surface area (Å²) in [7, 11) is 0. The summed E-state index contributed by atoms with van der Waals surface area (Å²) in [5.74, 6) is 1.17. The van der Waals surface area contributed by atoms with Crippen molar-refractivity contribution in [3.8, 4) is 0 Å². The zero-order valence-corrected chi connectivity index (χ0v) is 14.6. The summed E-state index contributed by atoms with van der Waals surface area (Å²) in [6, 6.07) is 16.7. The first kappa shape index (κ1) is 16.1. The molecule has 1 atom stereocenters. The van der Waals surface area contributed by atoms with Crippen LogP contribution in [0.2, 0.25) is 0 Å². The van der Waals surface area contributed by atoms with E-state index >= 15 is 0 Å². The largest absolute Gasteiger partial charge is 0.338 e. The van der Waals surface area contributed by atoms with E-state index in [1.807, 2.05) is 34.9 Å². The van der Waals surface area contributed by atoms with Gasteiger partial charge in [-0.3, -0.25) is 4.79 Å². The topological polar surface area (TPSA) is 20.3 Å². The second kappa shape index (κ2) is 7.22. The number of hydrogen-bond donors (Lipinski definition) is 0. The predicted octanol–water partition coefficient (Wildman–Crippen LogP) is 4.62.